The lowest BCUT2D eigenvalue weighted by atomic mass is 10.2. The molecule has 0 fully saturated rings. The van der Waals surface area contributed by atoms with E-state index in [1.165, 1.54) is 0 Å². The largest absolute Gasteiger partial charge is 0.395 e. The summed E-state index contributed by atoms with van der Waals surface area (Å²) in [5.41, 5.74) is 6.82. The molecule has 3 N–H and O–H groups in total. The Kier molecular flexibility index (Phi) is 4.90. The maximum absolute atomic E-state index is 9.16. The van der Waals surface area contributed by atoms with E-state index in [0.29, 0.717) is 18.2 Å². The number of hydrogen-bond donors (Lipinski definition) is 2. The Morgan fingerprint density at radius 2 is 1.90 bits per heavy atom. The van der Waals surface area contributed by atoms with Gasteiger partial charge >= 0.3 is 0 Å². The van der Waals surface area contributed by atoms with Crippen LogP contribution in [0.4, 0.5) is 11.6 Å². The van der Waals surface area contributed by atoms with Crippen molar-refractivity contribution >= 4 is 11.6 Å². The fraction of sp³-hybridized carbons (Fsp3) is 0.333. The first-order chi connectivity index (χ1) is 9.74. The van der Waals surface area contributed by atoms with Crippen molar-refractivity contribution in [3.63, 3.8) is 0 Å². The van der Waals surface area contributed by atoms with E-state index in [9.17, 15) is 0 Å². The Morgan fingerprint density at radius 1 is 1.15 bits per heavy atom. The van der Waals surface area contributed by atoms with Crippen LogP contribution in [0.3, 0.4) is 0 Å². The third kappa shape index (κ3) is 3.45. The van der Waals surface area contributed by atoms with Gasteiger partial charge in [-0.05, 0) is 6.42 Å². The number of nitrogens with zero attached hydrogens (tertiary/aromatic N) is 3. The van der Waals surface area contributed by atoms with Crippen LogP contribution in [-0.4, -0.2) is 34.8 Å². The van der Waals surface area contributed by atoms with Crippen molar-refractivity contribution in [3.8, 4) is 11.4 Å². The lowest BCUT2D eigenvalue weighted by Gasteiger charge is -2.22. The minimum absolute atomic E-state index is 0.0879. The summed E-state index contributed by atoms with van der Waals surface area (Å²) in [5.74, 6) is 1.81. The van der Waals surface area contributed by atoms with Gasteiger partial charge in [0.2, 0.25) is 0 Å². The van der Waals surface area contributed by atoms with Crippen molar-refractivity contribution in [1.29, 1.82) is 0 Å². The molecule has 0 saturated carbocycles. The van der Waals surface area contributed by atoms with Crippen molar-refractivity contribution in [2.75, 3.05) is 30.3 Å². The van der Waals surface area contributed by atoms with E-state index in [-0.39, 0.29) is 6.61 Å². The average molecular weight is 272 g/mol. The van der Waals surface area contributed by atoms with Crippen LogP contribution < -0.4 is 10.6 Å². The summed E-state index contributed by atoms with van der Waals surface area (Å²) in [6.07, 6.45) is 0.977. The lowest BCUT2D eigenvalue weighted by molar-refractivity contribution is 0.301. The van der Waals surface area contributed by atoms with Crippen molar-refractivity contribution in [3.05, 3.63) is 36.4 Å². The highest BCUT2D eigenvalue weighted by molar-refractivity contribution is 5.60. The summed E-state index contributed by atoms with van der Waals surface area (Å²) in [6, 6.07) is 11.5. The average Bonchev–Trinajstić information content (AvgIpc) is 2.47. The van der Waals surface area contributed by atoms with E-state index in [0.717, 1.165) is 24.3 Å². The predicted octanol–water partition coefficient (Wildman–Crippen LogP) is 1.93. The first-order valence-corrected chi connectivity index (χ1v) is 6.80. The molecule has 0 amide bonds. The van der Waals surface area contributed by atoms with Crippen LogP contribution in [0.5, 0.6) is 0 Å². The Bertz CT molecular complexity index is 539. The molecule has 1 heterocycles. The zero-order valence-electron chi connectivity index (χ0n) is 11.7. The first-order valence-electron chi connectivity index (χ1n) is 6.80. The monoisotopic (exact) mass is 272 g/mol. The first kappa shape index (κ1) is 14.3. The number of aromatic nitrogens is 2. The minimum Gasteiger partial charge on any atom is -0.395 e. The van der Waals surface area contributed by atoms with E-state index in [4.69, 9.17) is 10.8 Å². The van der Waals surface area contributed by atoms with Crippen LogP contribution in [0.2, 0.25) is 0 Å². The highest BCUT2D eigenvalue weighted by Gasteiger charge is 2.11. The molecule has 0 unspecified atom stereocenters. The van der Waals surface area contributed by atoms with E-state index in [2.05, 4.69) is 16.9 Å². The zero-order valence-corrected chi connectivity index (χ0v) is 11.7. The van der Waals surface area contributed by atoms with Crippen molar-refractivity contribution in [1.82, 2.24) is 9.97 Å². The second-order valence-corrected chi connectivity index (χ2v) is 4.55. The SMILES string of the molecule is CCCN(CCO)c1cc(N)nc(-c2ccccc2)n1. The number of aliphatic hydroxyl groups excluding tert-OH is 1. The maximum atomic E-state index is 9.16. The van der Waals surface area contributed by atoms with Crippen molar-refractivity contribution in [2.24, 2.45) is 0 Å². The number of benzene rings is 1. The predicted molar refractivity (Wildman–Crippen MR) is 81.5 cm³/mol. The number of rotatable bonds is 6. The number of aliphatic hydroxyl groups is 1. The number of nitrogens with two attached hydrogens (primary N) is 1. The van der Waals surface area contributed by atoms with Crippen LogP contribution in [0.15, 0.2) is 36.4 Å². The Hall–Kier alpha value is -2.14. The number of nitrogen functional groups attached to an aromatic ring is 1. The molecule has 0 aliphatic rings. The molecule has 20 heavy (non-hydrogen) atoms. The summed E-state index contributed by atoms with van der Waals surface area (Å²) >= 11 is 0. The summed E-state index contributed by atoms with van der Waals surface area (Å²) < 4.78 is 0. The van der Waals surface area contributed by atoms with Gasteiger partial charge in [-0.25, -0.2) is 9.97 Å². The number of hydrogen-bond acceptors (Lipinski definition) is 5. The van der Waals surface area contributed by atoms with Crippen LogP contribution in [0, 0.1) is 0 Å². The molecule has 1 aromatic carbocycles. The third-order valence-electron chi connectivity index (χ3n) is 2.95. The topological polar surface area (TPSA) is 75.3 Å². The smallest absolute Gasteiger partial charge is 0.163 e. The van der Waals surface area contributed by atoms with Gasteiger partial charge in [0, 0.05) is 24.7 Å². The Balaban J connectivity index is 2.37. The maximum Gasteiger partial charge on any atom is 0.163 e. The van der Waals surface area contributed by atoms with Gasteiger partial charge in [-0.1, -0.05) is 37.3 Å². The Labute approximate surface area is 119 Å². The summed E-state index contributed by atoms with van der Waals surface area (Å²) in [5, 5.41) is 9.16. The van der Waals surface area contributed by atoms with E-state index in [1.807, 2.05) is 35.2 Å². The van der Waals surface area contributed by atoms with Crippen LogP contribution in [-0.2, 0) is 0 Å². The molecule has 106 valence electrons. The van der Waals surface area contributed by atoms with Crippen LogP contribution in [0.1, 0.15) is 13.3 Å². The molecule has 1 aromatic heterocycles. The summed E-state index contributed by atoms with van der Waals surface area (Å²) in [7, 11) is 0. The highest BCUT2D eigenvalue weighted by atomic mass is 16.3. The molecule has 0 spiro atoms. The van der Waals surface area contributed by atoms with Gasteiger partial charge in [-0.2, -0.15) is 0 Å². The summed E-state index contributed by atoms with van der Waals surface area (Å²) in [6.45, 7) is 3.54. The van der Waals surface area contributed by atoms with Gasteiger partial charge in [-0.3, -0.25) is 0 Å². The second kappa shape index (κ2) is 6.86. The standard InChI is InChI=1S/C15H20N4O/c1-2-8-19(9-10-20)14-11-13(16)17-15(18-14)12-6-4-3-5-7-12/h3-7,11,20H,2,8-10H2,1H3,(H2,16,17,18). The zero-order chi connectivity index (χ0) is 14.4. The second-order valence-electron chi connectivity index (χ2n) is 4.55. The molecule has 2 aromatic rings. The van der Waals surface area contributed by atoms with Crippen LogP contribution >= 0.6 is 0 Å². The highest BCUT2D eigenvalue weighted by Crippen LogP contribution is 2.21. The van der Waals surface area contributed by atoms with E-state index >= 15 is 0 Å². The van der Waals surface area contributed by atoms with Crippen molar-refractivity contribution in [2.45, 2.75) is 13.3 Å². The molecular formula is C15H20N4O. The molecule has 2 rings (SSSR count). The van der Waals surface area contributed by atoms with E-state index in [1.54, 1.807) is 6.07 Å². The summed E-state index contributed by atoms with van der Waals surface area (Å²) in [4.78, 5) is 10.9. The number of anilines is 2. The quantitative estimate of drug-likeness (QED) is 0.840. The molecule has 0 bridgehead atoms. The third-order valence-corrected chi connectivity index (χ3v) is 2.95. The molecule has 5 heteroatoms. The molecule has 0 radical (unpaired) electrons. The Morgan fingerprint density at radius 3 is 2.55 bits per heavy atom. The molecule has 0 aliphatic heterocycles. The molecule has 0 aliphatic carbocycles. The molecule has 5 nitrogen and oxygen atoms in total. The minimum atomic E-state index is 0.0879. The molecular weight excluding hydrogens is 252 g/mol. The molecule has 0 saturated heterocycles. The van der Waals surface area contributed by atoms with Gasteiger partial charge in [0.15, 0.2) is 5.82 Å². The fourth-order valence-corrected chi connectivity index (χ4v) is 2.06. The van der Waals surface area contributed by atoms with E-state index < -0.39 is 0 Å². The molecule has 0 atom stereocenters. The van der Waals surface area contributed by atoms with Gasteiger partial charge in [0.1, 0.15) is 11.6 Å². The van der Waals surface area contributed by atoms with Gasteiger partial charge < -0.3 is 15.7 Å². The normalized spacial score (nSPS) is 10.5. The lowest BCUT2D eigenvalue weighted by Crippen LogP contribution is -2.28. The fourth-order valence-electron chi connectivity index (χ4n) is 2.06. The van der Waals surface area contributed by atoms with Gasteiger partial charge in [0.25, 0.3) is 0 Å². The van der Waals surface area contributed by atoms with Crippen LogP contribution in [0.25, 0.3) is 11.4 Å². The van der Waals surface area contributed by atoms with Gasteiger partial charge in [-0.15, -0.1) is 0 Å². The van der Waals surface area contributed by atoms with Crippen molar-refractivity contribution < 1.29 is 5.11 Å². The van der Waals surface area contributed by atoms with Gasteiger partial charge in [0.05, 0.1) is 6.61 Å².